The van der Waals surface area contributed by atoms with Gasteiger partial charge >= 0.3 is 0 Å². The average molecular weight is 209 g/mol. The third-order valence-corrected chi connectivity index (χ3v) is 3.97. The molecule has 2 rings (SSSR count). The molecule has 0 aromatic heterocycles. The van der Waals surface area contributed by atoms with Gasteiger partial charge in [0.05, 0.1) is 5.38 Å². The van der Waals surface area contributed by atoms with Crippen LogP contribution in [-0.2, 0) is 0 Å². The van der Waals surface area contributed by atoms with Gasteiger partial charge in [0.2, 0.25) is 0 Å². The van der Waals surface area contributed by atoms with Crippen molar-refractivity contribution in [2.24, 2.45) is 11.8 Å². The van der Waals surface area contributed by atoms with Gasteiger partial charge in [0.1, 0.15) is 0 Å². The maximum atomic E-state index is 6.42. The zero-order chi connectivity index (χ0) is 10.3. The molecule has 1 aliphatic carbocycles. The van der Waals surface area contributed by atoms with Crippen LogP contribution in [0.15, 0.2) is 18.2 Å². The molecule has 0 radical (unpaired) electrons. The summed E-state index contributed by atoms with van der Waals surface area (Å²) in [5.41, 5.74) is 3.99. The number of hydrogen-bond donors (Lipinski definition) is 0. The Bertz CT molecular complexity index is 343. The van der Waals surface area contributed by atoms with Crippen LogP contribution in [0.2, 0.25) is 0 Å². The van der Waals surface area contributed by atoms with E-state index in [9.17, 15) is 0 Å². The third kappa shape index (κ3) is 1.81. The van der Waals surface area contributed by atoms with Crippen LogP contribution in [0.1, 0.15) is 35.4 Å². The maximum absolute atomic E-state index is 6.42. The summed E-state index contributed by atoms with van der Waals surface area (Å²) in [4.78, 5) is 0. The Morgan fingerprint density at radius 3 is 2.43 bits per heavy atom. The fourth-order valence-electron chi connectivity index (χ4n) is 1.94. The Morgan fingerprint density at radius 1 is 1.29 bits per heavy atom. The molecule has 0 spiro atoms. The fraction of sp³-hybridized carbons (Fsp3) is 0.538. The summed E-state index contributed by atoms with van der Waals surface area (Å²) in [6.45, 7) is 6.57. The summed E-state index contributed by atoms with van der Waals surface area (Å²) in [5.74, 6) is 1.53. The van der Waals surface area contributed by atoms with E-state index in [0.717, 1.165) is 5.92 Å². The Balaban J connectivity index is 2.20. The predicted octanol–water partition coefficient (Wildman–Crippen LogP) is 4.24. The van der Waals surface area contributed by atoms with Gasteiger partial charge in [-0.05, 0) is 48.8 Å². The van der Waals surface area contributed by atoms with Crippen molar-refractivity contribution in [2.75, 3.05) is 0 Å². The predicted molar refractivity (Wildman–Crippen MR) is 61.8 cm³/mol. The van der Waals surface area contributed by atoms with Crippen molar-refractivity contribution >= 4 is 11.6 Å². The van der Waals surface area contributed by atoms with Gasteiger partial charge in [-0.25, -0.2) is 0 Å². The molecule has 3 atom stereocenters. The van der Waals surface area contributed by atoms with Crippen LogP contribution in [0.5, 0.6) is 0 Å². The number of benzene rings is 1. The third-order valence-electron chi connectivity index (χ3n) is 3.40. The van der Waals surface area contributed by atoms with Gasteiger partial charge in [-0.2, -0.15) is 0 Å². The normalized spacial score (nSPS) is 27.4. The molecule has 0 aliphatic heterocycles. The van der Waals surface area contributed by atoms with Crippen molar-refractivity contribution in [3.05, 3.63) is 34.9 Å². The molecule has 0 nitrogen and oxygen atoms in total. The molecule has 0 heterocycles. The number of halogens is 1. The zero-order valence-electron chi connectivity index (χ0n) is 9.05. The molecule has 14 heavy (non-hydrogen) atoms. The van der Waals surface area contributed by atoms with Crippen LogP contribution in [0.4, 0.5) is 0 Å². The van der Waals surface area contributed by atoms with E-state index in [1.54, 1.807) is 0 Å². The molecule has 1 heteroatoms. The number of hydrogen-bond acceptors (Lipinski definition) is 0. The molecule has 3 unspecified atom stereocenters. The monoisotopic (exact) mass is 208 g/mol. The highest BCUT2D eigenvalue weighted by atomic mass is 35.5. The molecule has 0 N–H and O–H groups in total. The van der Waals surface area contributed by atoms with Crippen LogP contribution in [0, 0.1) is 25.7 Å². The highest BCUT2D eigenvalue weighted by molar-refractivity contribution is 6.21. The molecule has 1 aliphatic rings. The van der Waals surface area contributed by atoms with Gasteiger partial charge in [0.15, 0.2) is 0 Å². The summed E-state index contributed by atoms with van der Waals surface area (Å²) < 4.78 is 0. The summed E-state index contributed by atoms with van der Waals surface area (Å²) in [6, 6.07) is 6.58. The minimum absolute atomic E-state index is 0.226. The SMILES string of the molecule is Cc1ccc(C(Cl)C2CC2C)cc1C. The summed E-state index contributed by atoms with van der Waals surface area (Å²) in [5, 5.41) is 0.226. The fourth-order valence-corrected chi connectivity index (χ4v) is 2.43. The first-order chi connectivity index (χ1) is 6.59. The number of rotatable bonds is 2. The first-order valence-corrected chi connectivity index (χ1v) is 5.74. The highest BCUT2D eigenvalue weighted by Gasteiger charge is 2.39. The lowest BCUT2D eigenvalue weighted by atomic mass is 10.0. The lowest BCUT2D eigenvalue weighted by molar-refractivity contribution is 0.721. The first kappa shape index (κ1) is 10.0. The van der Waals surface area contributed by atoms with Gasteiger partial charge in [-0.3, -0.25) is 0 Å². The largest absolute Gasteiger partial charge is 0.118 e. The van der Waals surface area contributed by atoms with E-state index < -0.39 is 0 Å². The molecule has 0 bridgehead atoms. The van der Waals surface area contributed by atoms with Gasteiger partial charge in [-0.1, -0.05) is 25.1 Å². The molecule has 0 amide bonds. The smallest absolute Gasteiger partial charge is 0.0616 e. The molecule has 1 aromatic carbocycles. The minimum atomic E-state index is 0.226. The Hall–Kier alpha value is -0.490. The Labute approximate surface area is 91.3 Å². The second-order valence-electron chi connectivity index (χ2n) is 4.62. The van der Waals surface area contributed by atoms with Crippen molar-refractivity contribution in [1.29, 1.82) is 0 Å². The highest BCUT2D eigenvalue weighted by Crippen LogP contribution is 2.50. The molecular weight excluding hydrogens is 192 g/mol. The molecular formula is C13H17Cl. The standard InChI is InChI=1S/C13H17Cl/c1-8-4-5-11(6-9(8)2)13(14)12-7-10(12)3/h4-6,10,12-13H,7H2,1-3H3. The van der Waals surface area contributed by atoms with E-state index in [2.05, 4.69) is 39.0 Å². The van der Waals surface area contributed by atoms with Crippen molar-refractivity contribution < 1.29 is 0 Å². The topological polar surface area (TPSA) is 0 Å². The first-order valence-electron chi connectivity index (χ1n) is 5.31. The van der Waals surface area contributed by atoms with Crippen LogP contribution in [0.25, 0.3) is 0 Å². The molecule has 76 valence electrons. The number of aryl methyl sites for hydroxylation is 2. The van der Waals surface area contributed by atoms with E-state index in [1.807, 2.05) is 0 Å². The van der Waals surface area contributed by atoms with Crippen molar-refractivity contribution in [1.82, 2.24) is 0 Å². The lowest BCUT2D eigenvalue weighted by Gasteiger charge is -2.11. The van der Waals surface area contributed by atoms with Crippen LogP contribution in [-0.4, -0.2) is 0 Å². The van der Waals surface area contributed by atoms with Gasteiger partial charge in [-0.15, -0.1) is 11.6 Å². The molecule has 0 saturated heterocycles. The second kappa shape index (κ2) is 3.58. The lowest BCUT2D eigenvalue weighted by Crippen LogP contribution is -1.95. The van der Waals surface area contributed by atoms with Gasteiger partial charge in [0.25, 0.3) is 0 Å². The number of alkyl halides is 1. The second-order valence-corrected chi connectivity index (χ2v) is 5.09. The summed E-state index contributed by atoms with van der Waals surface area (Å²) in [6.07, 6.45) is 1.29. The van der Waals surface area contributed by atoms with Crippen molar-refractivity contribution in [3.63, 3.8) is 0 Å². The van der Waals surface area contributed by atoms with Crippen LogP contribution >= 0.6 is 11.6 Å². The van der Waals surface area contributed by atoms with E-state index in [1.165, 1.54) is 23.1 Å². The molecule has 1 saturated carbocycles. The van der Waals surface area contributed by atoms with Crippen molar-refractivity contribution in [2.45, 2.75) is 32.6 Å². The molecule has 1 aromatic rings. The van der Waals surface area contributed by atoms with E-state index >= 15 is 0 Å². The van der Waals surface area contributed by atoms with Crippen LogP contribution < -0.4 is 0 Å². The quantitative estimate of drug-likeness (QED) is 0.638. The van der Waals surface area contributed by atoms with Gasteiger partial charge < -0.3 is 0 Å². The van der Waals surface area contributed by atoms with Crippen molar-refractivity contribution in [3.8, 4) is 0 Å². The zero-order valence-corrected chi connectivity index (χ0v) is 9.81. The van der Waals surface area contributed by atoms with E-state index in [-0.39, 0.29) is 5.38 Å². The Kier molecular flexibility index (Phi) is 2.57. The van der Waals surface area contributed by atoms with E-state index in [4.69, 9.17) is 11.6 Å². The Morgan fingerprint density at radius 2 is 1.93 bits per heavy atom. The molecule has 1 fully saturated rings. The van der Waals surface area contributed by atoms with Crippen LogP contribution in [0.3, 0.4) is 0 Å². The average Bonchev–Trinajstić information content (AvgIpc) is 2.86. The summed E-state index contributed by atoms with van der Waals surface area (Å²) >= 11 is 6.42. The maximum Gasteiger partial charge on any atom is 0.0616 e. The van der Waals surface area contributed by atoms with Gasteiger partial charge in [0, 0.05) is 0 Å². The summed E-state index contributed by atoms with van der Waals surface area (Å²) in [7, 11) is 0. The van der Waals surface area contributed by atoms with E-state index in [0.29, 0.717) is 5.92 Å². The minimum Gasteiger partial charge on any atom is -0.118 e.